The number of benzene rings is 3. The Bertz CT molecular complexity index is 2470. The Morgan fingerprint density at radius 3 is 2.48 bits per heavy atom. The minimum absolute atomic E-state index is 0.0341. The molecule has 10 rings (SSSR count). The number of piperazine rings is 1. The van der Waals surface area contributed by atoms with Gasteiger partial charge in [0, 0.05) is 85.8 Å². The molecule has 0 bridgehead atoms. The highest BCUT2D eigenvalue weighted by Gasteiger charge is 2.42. The fourth-order valence-electron chi connectivity index (χ4n) is 10.1. The summed E-state index contributed by atoms with van der Waals surface area (Å²) in [5.74, 6) is -1.94. The van der Waals surface area contributed by atoms with Crippen LogP contribution >= 0.6 is 11.3 Å². The number of amides is 4. The van der Waals surface area contributed by atoms with Gasteiger partial charge in [0.05, 0.1) is 24.5 Å². The maximum absolute atomic E-state index is 16.0. The van der Waals surface area contributed by atoms with Gasteiger partial charge >= 0.3 is 0 Å². The molecule has 2 atom stereocenters. The number of aromatic nitrogens is 3. The normalized spacial score (nSPS) is 20.5. The van der Waals surface area contributed by atoms with E-state index in [0.717, 1.165) is 101 Å². The van der Waals surface area contributed by atoms with Crippen LogP contribution in [0.4, 0.5) is 15.2 Å². The molecule has 0 spiro atoms. The summed E-state index contributed by atoms with van der Waals surface area (Å²) < 4.78 is 18.0. The highest BCUT2D eigenvalue weighted by molar-refractivity contribution is 7.13. The average molecular weight is 842 g/mol. The van der Waals surface area contributed by atoms with Gasteiger partial charge in [-0.3, -0.25) is 39.6 Å². The lowest BCUT2D eigenvalue weighted by atomic mass is 9.87. The molecular weight excluding hydrogens is 794 g/mol. The number of hydrogen-bond acceptors (Lipinski definition) is 10. The van der Waals surface area contributed by atoms with Gasteiger partial charge in [0.1, 0.15) is 5.82 Å². The third-order valence-corrected chi connectivity index (χ3v) is 14.0. The number of halogens is 1. The first-order valence-corrected chi connectivity index (χ1v) is 22.3. The van der Waals surface area contributed by atoms with E-state index < -0.39 is 23.7 Å². The third kappa shape index (κ3) is 7.74. The average Bonchev–Trinajstić information content (AvgIpc) is 4.10. The number of hydrogen-bond donors (Lipinski definition) is 2. The molecule has 3 aromatic carbocycles. The Kier molecular flexibility index (Phi) is 10.7. The topological polar surface area (TPSA) is 136 Å². The van der Waals surface area contributed by atoms with Crippen LogP contribution in [0.1, 0.15) is 82.5 Å². The van der Waals surface area contributed by atoms with E-state index in [1.165, 1.54) is 27.9 Å². The van der Waals surface area contributed by atoms with Crippen molar-refractivity contribution in [2.75, 3.05) is 49.5 Å². The van der Waals surface area contributed by atoms with Gasteiger partial charge in [0.15, 0.2) is 11.2 Å². The second kappa shape index (κ2) is 16.6. The summed E-state index contributed by atoms with van der Waals surface area (Å²) in [6, 6.07) is 19.1. The fraction of sp³-hybridized carbons (Fsp3) is 0.391. The van der Waals surface area contributed by atoms with Crippen molar-refractivity contribution >= 4 is 45.8 Å². The molecule has 2 aromatic heterocycles. The summed E-state index contributed by atoms with van der Waals surface area (Å²) in [7, 11) is 0. The number of aryl methyl sites for hydroxylation is 1. The molecule has 61 heavy (non-hydrogen) atoms. The molecule has 2 unspecified atom stereocenters. The number of anilines is 2. The van der Waals surface area contributed by atoms with Crippen LogP contribution in [0.2, 0.25) is 0 Å². The number of imide groups is 1. The van der Waals surface area contributed by atoms with E-state index in [2.05, 4.69) is 53.5 Å². The number of carbonyl (C=O) groups is 4. The van der Waals surface area contributed by atoms with Crippen molar-refractivity contribution in [1.82, 2.24) is 34.6 Å². The summed E-state index contributed by atoms with van der Waals surface area (Å²) in [6.45, 7) is 7.35. The van der Waals surface area contributed by atoms with Crippen molar-refractivity contribution in [1.29, 1.82) is 0 Å². The maximum Gasteiger partial charge on any atom is 0.255 e. The van der Waals surface area contributed by atoms with Gasteiger partial charge < -0.3 is 14.4 Å². The zero-order valence-electron chi connectivity index (χ0n) is 33.9. The van der Waals surface area contributed by atoms with E-state index in [0.29, 0.717) is 35.3 Å². The third-order valence-electron chi connectivity index (χ3n) is 13.3. The van der Waals surface area contributed by atoms with Crippen LogP contribution < -0.4 is 15.5 Å². The van der Waals surface area contributed by atoms with E-state index in [1.807, 2.05) is 34.9 Å². The molecule has 5 aromatic rings. The second-order valence-electron chi connectivity index (χ2n) is 16.8. The van der Waals surface area contributed by atoms with Gasteiger partial charge in [-0.1, -0.05) is 36.4 Å². The first kappa shape index (κ1) is 39.4. The van der Waals surface area contributed by atoms with E-state index in [9.17, 15) is 19.2 Å². The number of nitrogens with zero attached hydrogens (tertiary/aromatic N) is 7. The van der Waals surface area contributed by atoms with Crippen LogP contribution in [0.15, 0.2) is 78.6 Å². The van der Waals surface area contributed by atoms with Crippen molar-refractivity contribution in [3.05, 3.63) is 118 Å². The van der Waals surface area contributed by atoms with Crippen LogP contribution in [-0.2, 0) is 40.4 Å². The summed E-state index contributed by atoms with van der Waals surface area (Å²) in [4.78, 5) is 70.2. The monoisotopic (exact) mass is 841 g/mol. The van der Waals surface area contributed by atoms with Crippen LogP contribution in [0, 0.1) is 5.82 Å². The van der Waals surface area contributed by atoms with Gasteiger partial charge in [-0.25, -0.2) is 14.4 Å². The molecule has 5 aliphatic rings. The number of carbonyl (C=O) groups excluding carboxylic acids is 4. The lowest BCUT2D eigenvalue weighted by molar-refractivity contribution is -0.134. The molecule has 0 aliphatic carbocycles. The van der Waals surface area contributed by atoms with Crippen molar-refractivity contribution < 1.29 is 23.6 Å². The molecule has 314 valence electrons. The predicted octanol–water partition coefficient (Wildman–Crippen LogP) is 5.73. The van der Waals surface area contributed by atoms with Crippen molar-refractivity contribution in [2.45, 2.75) is 76.2 Å². The van der Waals surface area contributed by atoms with Gasteiger partial charge in [0.25, 0.3) is 11.8 Å². The van der Waals surface area contributed by atoms with Crippen LogP contribution in [0.3, 0.4) is 0 Å². The molecule has 0 saturated carbocycles. The number of likely N-dealkylation sites (tertiary alicyclic amines) is 1. The SMILES string of the molecule is O=C1CCC(c2ccccc2CN2CCC(N3CCN(c4ccc(-c5cc(F)c6c(c5)C(=O)N(C(C(=O)Nc5nccs5)c5ncn7c5CCC7)C6)cc4)CC3)CC2)C(=O)N1. The Balaban J connectivity index is 0.761. The highest BCUT2D eigenvalue weighted by atomic mass is 32.1. The van der Waals surface area contributed by atoms with Gasteiger partial charge in [0.2, 0.25) is 11.8 Å². The number of nitrogens with one attached hydrogen (secondary N) is 2. The van der Waals surface area contributed by atoms with Crippen molar-refractivity contribution in [3.63, 3.8) is 0 Å². The molecule has 4 amide bonds. The predicted molar refractivity (Wildman–Crippen MR) is 229 cm³/mol. The van der Waals surface area contributed by atoms with Gasteiger partial charge in [-0.15, -0.1) is 11.3 Å². The second-order valence-corrected chi connectivity index (χ2v) is 17.7. The first-order valence-electron chi connectivity index (χ1n) is 21.4. The number of imidazole rings is 1. The Labute approximate surface area is 357 Å². The van der Waals surface area contributed by atoms with E-state index in [-0.39, 0.29) is 35.4 Å². The molecule has 3 saturated heterocycles. The molecule has 7 heterocycles. The number of rotatable bonds is 10. The number of thiazole rings is 1. The summed E-state index contributed by atoms with van der Waals surface area (Å²) in [5, 5.41) is 7.57. The van der Waals surface area contributed by atoms with Crippen LogP contribution in [0.25, 0.3) is 11.1 Å². The van der Waals surface area contributed by atoms with Crippen molar-refractivity contribution in [2.24, 2.45) is 0 Å². The van der Waals surface area contributed by atoms with E-state index in [1.54, 1.807) is 24.0 Å². The largest absolute Gasteiger partial charge is 0.369 e. The minimum atomic E-state index is -1.03. The molecule has 15 heteroatoms. The Hall–Kier alpha value is -5.77. The standard InChI is InChI=1S/C46H48FN9O4S/c47-38-25-31(24-36-37(38)27-56(45(36)60)42(44(59)51-46-48-15-23-61-46)41-39-6-3-16-55(39)28-49-41)29-7-9-32(10-8-29)53-19-21-54(22-20-53)33-13-17-52(18-14-33)26-30-4-1-2-5-34(30)35-11-12-40(57)50-43(35)58/h1-2,4-5,7-10,15,23-25,28,33,35,42H,3,6,11-14,16-22,26-27H2,(H,48,51,59)(H,50,57,58). The highest BCUT2D eigenvalue weighted by Crippen LogP contribution is 2.38. The van der Waals surface area contributed by atoms with E-state index >= 15 is 4.39 Å². The summed E-state index contributed by atoms with van der Waals surface area (Å²) in [6.07, 6.45) is 8.14. The summed E-state index contributed by atoms with van der Waals surface area (Å²) in [5.41, 5.74) is 6.74. The van der Waals surface area contributed by atoms with Crippen LogP contribution in [-0.4, -0.2) is 98.2 Å². The van der Waals surface area contributed by atoms with Gasteiger partial charge in [-0.05, 0) is 91.7 Å². The number of fused-ring (bicyclic) bond motifs is 2. The summed E-state index contributed by atoms with van der Waals surface area (Å²) >= 11 is 1.29. The van der Waals surface area contributed by atoms with Crippen LogP contribution in [0.5, 0.6) is 0 Å². The lowest BCUT2D eigenvalue weighted by Crippen LogP contribution is -2.53. The fourth-order valence-corrected chi connectivity index (χ4v) is 10.6. The molecule has 5 aliphatic heterocycles. The molecule has 13 nitrogen and oxygen atoms in total. The quantitative estimate of drug-likeness (QED) is 0.169. The minimum Gasteiger partial charge on any atom is -0.369 e. The lowest BCUT2D eigenvalue weighted by Gasteiger charge is -2.43. The maximum atomic E-state index is 16.0. The van der Waals surface area contributed by atoms with Crippen molar-refractivity contribution in [3.8, 4) is 11.1 Å². The molecule has 0 radical (unpaired) electrons. The first-order chi connectivity index (χ1) is 29.8. The zero-order chi connectivity index (χ0) is 41.6. The molecular formula is C46H48FN9O4S. The number of piperidine rings is 2. The smallest absolute Gasteiger partial charge is 0.255 e. The molecule has 2 N–H and O–H groups in total. The van der Waals surface area contributed by atoms with E-state index in [4.69, 9.17) is 0 Å². The Morgan fingerprint density at radius 1 is 0.902 bits per heavy atom. The Morgan fingerprint density at radius 2 is 1.70 bits per heavy atom. The molecule has 3 fully saturated rings. The zero-order valence-corrected chi connectivity index (χ0v) is 34.7. The van der Waals surface area contributed by atoms with Gasteiger partial charge in [-0.2, -0.15) is 0 Å².